The van der Waals surface area contributed by atoms with Crippen molar-refractivity contribution >= 4 is 29.0 Å². The second-order valence-electron chi connectivity index (χ2n) is 5.26. The van der Waals surface area contributed by atoms with Gasteiger partial charge in [-0.3, -0.25) is 4.79 Å². The number of thioether (sulfide) groups is 1. The van der Waals surface area contributed by atoms with Crippen molar-refractivity contribution in [2.45, 2.75) is 37.6 Å². The standard InChI is InChI=1S/C15H20N4O2S2/c1-2-19-14(12-6-4-8-22-12)17-18-15(19)23-10-13(20)16-9-11-5-3-7-21-11/h4,6,8,11H,2-3,5,7,9-10H2,1H3,(H,16,20)/t11-/m0/s1. The summed E-state index contributed by atoms with van der Waals surface area (Å²) in [7, 11) is 0. The quantitative estimate of drug-likeness (QED) is 0.775. The minimum atomic E-state index is 0.00817. The Morgan fingerprint density at radius 1 is 1.57 bits per heavy atom. The van der Waals surface area contributed by atoms with E-state index < -0.39 is 0 Å². The first-order chi connectivity index (χ1) is 11.3. The van der Waals surface area contributed by atoms with Crippen molar-refractivity contribution in [2.24, 2.45) is 0 Å². The summed E-state index contributed by atoms with van der Waals surface area (Å²) in [6.45, 7) is 4.24. The van der Waals surface area contributed by atoms with Gasteiger partial charge < -0.3 is 14.6 Å². The summed E-state index contributed by atoms with van der Waals surface area (Å²) in [5, 5.41) is 14.2. The van der Waals surface area contributed by atoms with Gasteiger partial charge in [0.05, 0.1) is 16.7 Å². The summed E-state index contributed by atoms with van der Waals surface area (Å²) in [4.78, 5) is 13.1. The van der Waals surface area contributed by atoms with E-state index >= 15 is 0 Å². The molecule has 0 radical (unpaired) electrons. The molecule has 124 valence electrons. The number of aromatic nitrogens is 3. The molecule has 2 aromatic heterocycles. The van der Waals surface area contributed by atoms with E-state index in [4.69, 9.17) is 4.74 Å². The molecule has 3 heterocycles. The topological polar surface area (TPSA) is 69.0 Å². The van der Waals surface area contributed by atoms with Crippen LogP contribution in [0.4, 0.5) is 0 Å². The van der Waals surface area contributed by atoms with Crippen LogP contribution in [-0.2, 0) is 16.1 Å². The Kier molecular flexibility index (Phi) is 5.69. The highest BCUT2D eigenvalue weighted by Gasteiger charge is 2.18. The van der Waals surface area contributed by atoms with E-state index in [-0.39, 0.29) is 12.0 Å². The summed E-state index contributed by atoms with van der Waals surface area (Å²) in [5.74, 6) is 1.22. The summed E-state index contributed by atoms with van der Waals surface area (Å²) >= 11 is 3.06. The van der Waals surface area contributed by atoms with Crippen LogP contribution in [0.25, 0.3) is 10.7 Å². The molecule has 1 saturated heterocycles. The molecule has 8 heteroatoms. The van der Waals surface area contributed by atoms with Crippen LogP contribution in [-0.4, -0.2) is 45.7 Å². The Hall–Kier alpha value is -1.38. The molecule has 0 unspecified atom stereocenters. The Morgan fingerprint density at radius 3 is 3.17 bits per heavy atom. The van der Waals surface area contributed by atoms with Crippen molar-refractivity contribution in [1.29, 1.82) is 0 Å². The molecule has 23 heavy (non-hydrogen) atoms. The third kappa shape index (κ3) is 4.13. The van der Waals surface area contributed by atoms with Gasteiger partial charge in [-0.1, -0.05) is 17.8 Å². The smallest absolute Gasteiger partial charge is 0.230 e. The van der Waals surface area contributed by atoms with Crippen LogP contribution in [0.15, 0.2) is 22.7 Å². The molecule has 0 bridgehead atoms. The average Bonchev–Trinajstić information content (AvgIpc) is 3.31. The van der Waals surface area contributed by atoms with Crippen molar-refractivity contribution in [3.8, 4) is 10.7 Å². The summed E-state index contributed by atoms with van der Waals surface area (Å²) < 4.78 is 7.55. The third-order valence-corrected chi connectivity index (χ3v) is 5.49. The van der Waals surface area contributed by atoms with Crippen molar-refractivity contribution in [1.82, 2.24) is 20.1 Å². The van der Waals surface area contributed by atoms with Gasteiger partial charge in [0.1, 0.15) is 0 Å². The fourth-order valence-corrected chi connectivity index (χ4v) is 4.03. The normalized spacial score (nSPS) is 17.5. The molecule has 0 spiro atoms. The molecule has 6 nitrogen and oxygen atoms in total. The summed E-state index contributed by atoms with van der Waals surface area (Å²) in [6, 6.07) is 4.03. The molecule has 0 saturated carbocycles. The number of thiophene rings is 1. The molecule has 2 aromatic rings. The van der Waals surface area contributed by atoms with Crippen LogP contribution < -0.4 is 5.32 Å². The molecule has 3 rings (SSSR count). The zero-order valence-electron chi connectivity index (χ0n) is 13.0. The summed E-state index contributed by atoms with van der Waals surface area (Å²) in [6.07, 6.45) is 2.29. The SMILES string of the molecule is CCn1c(SCC(=O)NC[C@@H]2CCCO2)nnc1-c1cccs1. The molecule has 0 aromatic carbocycles. The molecular weight excluding hydrogens is 332 g/mol. The van der Waals surface area contributed by atoms with E-state index in [9.17, 15) is 4.79 Å². The van der Waals surface area contributed by atoms with Crippen molar-refractivity contribution < 1.29 is 9.53 Å². The highest BCUT2D eigenvalue weighted by molar-refractivity contribution is 7.99. The van der Waals surface area contributed by atoms with Crippen LogP contribution in [0.5, 0.6) is 0 Å². The van der Waals surface area contributed by atoms with Gasteiger partial charge in [-0.2, -0.15) is 0 Å². The van der Waals surface area contributed by atoms with Crippen LogP contribution in [0.2, 0.25) is 0 Å². The maximum absolute atomic E-state index is 12.0. The fraction of sp³-hybridized carbons (Fsp3) is 0.533. The van der Waals surface area contributed by atoms with Crippen LogP contribution in [0.3, 0.4) is 0 Å². The highest BCUT2D eigenvalue weighted by Crippen LogP contribution is 2.27. The molecular formula is C15H20N4O2S2. The van der Waals surface area contributed by atoms with Crippen LogP contribution >= 0.6 is 23.1 Å². The average molecular weight is 352 g/mol. The number of carbonyl (C=O) groups excluding carboxylic acids is 1. The lowest BCUT2D eigenvalue weighted by atomic mass is 10.2. The molecule has 1 aliphatic rings. The van der Waals surface area contributed by atoms with Gasteiger partial charge in [-0.15, -0.1) is 21.5 Å². The molecule has 1 N–H and O–H groups in total. The van der Waals surface area contributed by atoms with E-state index in [0.717, 1.165) is 41.9 Å². The van der Waals surface area contributed by atoms with Crippen LogP contribution in [0.1, 0.15) is 19.8 Å². The second-order valence-corrected chi connectivity index (χ2v) is 7.15. The lowest BCUT2D eigenvalue weighted by Crippen LogP contribution is -2.32. The number of rotatable bonds is 7. The predicted octanol–water partition coefficient (Wildman–Crippen LogP) is 2.41. The maximum atomic E-state index is 12.0. The van der Waals surface area contributed by atoms with E-state index in [1.54, 1.807) is 11.3 Å². The van der Waals surface area contributed by atoms with Crippen molar-refractivity contribution in [2.75, 3.05) is 18.9 Å². The first-order valence-corrected chi connectivity index (χ1v) is 9.62. The number of carbonyl (C=O) groups is 1. The zero-order chi connectivity index (χ0) is 16.1. The molecule has 0 aliphatic carbocycles. The number of amides is 1. The molecule has 1 aliphatic heterocycles. The lowest BCUT2D eigenvalue weighted by molar-refractivity contribution is -0.119. The van der Waals surface area contributed by atoms with Crippen LogP contribution in [0, 0.1) is 0 Å². The minimum absolute atomic E-state index is 0.00817. The van der Waals surface area contributed by atoms with Gasteiger partial charge in [-0.25, -0.2) is 0 Å². The minimum Gasteiger partial charge on any atom is -0.376 e. The fourth-order valence-electron chi connectivity index (χ4n) is 2.48. The van der Waals surface area contributed by atoms with Gasteiger partial charge in [0.15, 0.2) is 11.0 Å². The first-order valence-electron chi connectivity index (χ1n) is 7.76. The van der Waals surface area contributed by atoms with Gasteiger partial charge >= 0.3 is 0 Å². The number of nitrogens with zero attached hydrogens (tertiary/aromatic N) is 3. The first kappa shape index (κ1) is 16.5. The Bertz CT molecular complexity index is 636. The van der Waals surface area contributed by atoms with Crippen molar-refractivity contribution in [3.63, 3.8) is 0 Å². The van der Waals surface area contributed by atoms with E-state index in [1.165, 1.54) is 11.8 Å². The summed E-state index contributed by atoms with van der Waals surface area (Å²) in [5.41, 5.74) is 0. The Labute approximate surface area is 143 Å². The molecule has 1 fully saturated rings. The van der Waals surface area contributed by atoms with E-state index in [2.05, 4.69) is 22.4 Å². The largest absolute Gasteiger partial charge is 0.376 e. The Morgan fingerprint density at radius 2 is 2.48 bits per heavy atom. The van der Waals surface area contributed by atoms with Gasteiger partial charge in [0.25, 0.3) is 0 Å². The second kappa shape index (κ2) is 7.94. The zero-order valence-corrected chi connectivity index (χ0v) is 14.7. The molecule has 1 amide bonds. The maximum Gasteiger partial charge on any atom is 0.230 e. The number of nitrogens with one attached hydrogen (secondary N) is 1. The molecule has 1 atom stereocenters. The Balaban J connectivity index is 1.54. The van der Waals surface area contributed by atoms with Gasteiger partial charge in [0.2, 0.25) is 5.91 Å². The van der Waals surface area contributed by atoms with E-state index in [0.29, 0.717) is 12.3 Å². The monoisotopic (exact) mass is 352 g/mol. The van der Waals surface area contributed by atoms with E-state index in [1.807, 2.05) is 22.1 Å². The number of ether oxygens (including phenoxy) is 1. The van der Waals surface area contributed by atoms with Crippen molar-refractivity contribution in [3.05, 3.63) is 17.5 Å². The number of hydrogen-bond acceptors (Lipinski definition) is 6. The lowest BCUT2D eigenvalue weighted by Gasteiger charge is -2.10. The predicted molar refractivity (Wildman–Crippen MR) is 91.7 cm³/mol. The highest BCUT2D eigenvalue weighted by atomic mass is 32.2. The number of hydrogen-bond donors (Lipinski definition) is 1. The van der Waals surface area contributed by atoms with Gasteiger partial charge in [-0.05, 0) is 31.2 Å². The van der Waals surface area contributed by atoms with Gasteiger partial charge in [0, 0.05) is 19.7 Å². The third-order valence-electron chi connectivity index (χ3n) is 3.66.